The fourth-order valence-corrected chi connectivity index (χ4v) is 3.06. The number of fused-ring (bicyclic) bond motifs is 1. The predicted octanol–water partition coefficient (Wildman–Crippen LogP) is 4.74. The van der Waals surface area contributed by atoms with Crippen LogP contribution in [0.3, 0.4) is 0 Å². The third-order valence-corrected chi connectivity index (χ3v) is 4.98. The SMILES string of the molecule is CC1(C(=O)Nc2c[nH]c3ccc(OCc4ccc(C(F)(F)F)cc4)cc23)COC1. The van der Waals surface area contributed by atoms with E-state index in [0.29, 0.717) is 30.2 Å². The maximum atomic E-state index is 12.6. The van der Waals surface area contributed by atoms with E-state index in [1.807, 2.05) is 13.0 Å². The number of ether oxygens (including phenoxy) is 2. The van der Waals surface area contributed by atoms with Gasteiger partial charge in [0.15, 0.2) is 0 Å². The molecule has 2 heterocycles. The number of alkyl halides is 3. The lowest BCUT2D eigenvalue weighted by Gasteiger charge is -2.36. The maximum Gasteiger partial charge on any atom is 0.416 e. The van der Waals surface area contributed by atoms with E-state index < -0.39 is 17.2 Å². The van der Waals surface area contributed by atoms with E-state index in [1.165, 1.54) is 12.1 Å². The zero-order valence-corrected chi connectivity index (χ0v) is 15.6. The second-order valence-electron chi connectivity index (χ2n) is 7.40. The zero-order valence-electron chi connectivity index (χ0n) is 15.6. The van der Waals surface area contributed by atoms with Gasteiger partial charge in [-0.05, 0) is 42.8 Å². The van der Waals surface area contributed by atoms with Crippen molar-refractivity contribution in [2.75, 3.05) is 18.5 Å². The minimum Gasteiger partial charge on any atom is -0.489 e. The van der Waals surface area contributed by atoms with Gasteiger partial charge in [0.25, 0.3) is 0 Å². The first kappa shape index (κ1) is 19.3. The van der Waals surface area contributed by atoms with E-state index in [1.54, 1.807) is 18.3 Å². The quantitative estimate of drug-likeness (QED) is 0.646. The minimum atomic E-state index is -4.36. The molecule has 1 aliphatic rings. The van der Waals surface area contributed by atoms with Crippen LogP contribution in [0.4, 0.5) is 18.9 Å². The van der Waals surface area contributed by atoms with E-state index in [0.717, 1.165) is 23.0 Å². The van der Waals surface area contributed by atoms with Gasteiger partial charge in [-0.1, -0.05) is 12.1 Å². The van der Waals surface area contributed by atoms with E-state index in [2.05, 4.69) is 10.3 Å². The summed E-state index contributed by atoms with van der Waals surface area (Å²) in [4.78, 5) is 15.5. The van der Waals surface area contributed by atoms with Crippen molar-refractivity contribution in [3.63, 3.8) is 0 Å². The highest BCUT2D eigenvalue weighted by molar-refractivity contribution is 6.04. The van der Waals surface area contributed by atoms with Crippen LogP contribution in [0, 0.1) is 5.41 Å². The van der Waals surface area contributed by atoms with Gasteiger partial charge in [0.05, 0.1) is 29.9 Å². The Morgan fingerprint density at radius 2 is 1.93 bits per heavy atom. The van der Waals surface area contributed by atoms with Crippen LogP contribution >= 0.6 is 0 Å². The summed E-state index contributed by atoms with van der Waals surface area (Å²) in [6.07, 6.45) is -2.65. The highest BCUT2D eigenvalue weighted by Crippen LogP contribution is 2.32. The minimum absolute atomic E-state index is 0.110. The first-order valence-corrected chi connectivity index (χ1v) is 9.04. The topological polar surface area (TPSA) is 63.4 Å². The summed E-state index contributed by atoms with van der Waals surface area (Å²) < 4.78 is 48.8. The monoisotopic (exact) mass is 404 g/mol. The first-order chi connectivity index (χ1) is 13.7. The van der Waals surface area contributed by atoms with Gasteiger partial charge in [0.2, 0.25) is 5.91 Å². The Kier molecular flexibility index (Phi) is 4.74. The van der Waals surface area contributed by atoms with Crippen molar-refractivity contribution in [2.45, 2.75) is 19.7 Å². The molecule has 0 radical (unpaired) electrons. The summed E-state index contributed by atoms with van der Waals surface area (Å²) in [5.74, 6) is 0.436. The molecule has 3 aromatic rings. The number of aromatic nitrogens is 1. The van der Waals surface area contributed by atoms with Gasteiger partial charge in [0, 0.05) is 17.1 Å². The molecule has 1 amide bonds. The Labute approximate surface area is 164 Å². The van der Waals surface area contributed by atoms with E-state index in [-0.39, 0.29) is 12.5 Å². The molecule has 1 aromatic heterocycles. The fraction of sp³-hybridized carbons (Fsp3) is 0.286. The van der Waals surface area contributed by atoms with Gasteiger partial charge in [-0.3, -0.25) is 4.79 Å². The van der Waals surface area contributed by atoms with Gasteiger partial charge in [0.1, 0.15) is 12.4 Å². The summed E-state index contributed by atoms with van der Waals surface area (Å²) in [5.41, 5.74) is 0.870. The molecule has 1 fully saturated rings. The van der Waals surface area contributed by atoms with Gasteiger partial charge >= 0.3 is 6.18 Å². The van der Waals surface area contributed by atoms with Gasteiger partial charge in [-0.2, -0.15) is 13.2 Å². The maximum absolute atomic E-state index is 12.6. The van der Waals surface area contributed by atoms with Gasteiger partial charge in [-0.25, -0.2) is 0 Å². The number of rotatable bonds is 5. The van der Waals surface area contributed by atoms with E-state index in [4.69, 9.17) is 9.47 Å². The van der Waals surface area contributed by atoms with Crippen LogP contribution in [-0.4, -0.2) is 24.1 Å². The van der Waals surface area contributed by atoms with Crippen molar-refractivity contribution in [3.8, 4) is 5.75 Å². The number of aromatic amines is 1. The largest absolute Gasteiger partial charge is 0.489 e. The number of carbonyl (C=O) groups is 1. The molecule has 0 unspecified atom stereocenters. The van der Waals surface area contributed by atoms with E-state index >= 15 is 0 Å². The number of nitrogens with one attached hydrogen (secondary N) is 2. The molecule has 2 N–H and O–H groups in total. The number of anilines is 1. The number of H-pyrrole nitrogens is 1. The second kappa shape index (κ2) is 7.11. The fourth-order valence-electron chi connectivity index (χ4n) is 3.06. The Morgan fingerprint density at radius 3 is 2.55 bits per heavy atom. The van der Waals surface area contributed by atoms with Crippen molar-refractivity contribution in [3.05, 3.63) is 59.8 Å². The molecular weight excluding hydrogens is 385 g/mol. The van der Waals surface area contributed by atoms with Gasteiger partial charge in [-0.15, -0.1) is 0 Å². The van der Waals surface area contributed by atoms with Crippen molar-refractivity contribution in [1.29, 1.82) is 0 Å². The normalized spacial score (nSPS) is 15.7. The van der Waals surface area contributed by atoms with Gasteiger partial charge < -0.3 is 19.8 Å². The van der Waals surface area contributed by atoms with Crippen LogP contribution in [0.15, 0.2) is 48.7 Å². The summed E-state index contributed by atoms with van der Waals surface area (Å²) in [6.45, 7) is 2.76. The lowest BCUT2D eigenvalue weighted by atomic mass is 9.87. The zero-order chi connectivity index (χ0) is 20.6. The average Bonchev–Trinajstić information content (AvgIpc) is 3.06. The molecular formula is C21H19F3N2O3. The first-order valence-electron chi connectivity index (χ1n) is 9.04. The Balaban J connectivity index is 1.46. The molecule has 0 saturated carbocycles. The standard InChI is InChI=1S/C21H19F3N2O3/c1-20(11-28-12-20)19(27)26-18-9-25-17-7-6-15(8-16(17)18)29-10-13-2-4-14(5-3-13)21(22,23)24/h2-9,25H,10-12H2,1H3,(H,26,27). The number of benzene rings is 2. The molecule has 0 atom stereocenters. The van der Waals surface area contributed by atoms with Crippen molar-refractivity contribution >= 4 is 22.5 Å². The number of halogens is 3. The van der Waals surface area contributed by atoms with Crippen molar-refractivity contribution in [2.24, 2.45) is 5.41 Å². The number of hydrogen-bond donors (Lipinski definition) is 2. The molecule has 152 valence electrons. The lowest BCUT2D eigenvalue weighted by Crippen LogP contribution is -2.49. The molecule has 8 heteroatoms. The van der Waals surface area contributed by atoms with Crippen LogP contribution in [0.1, 0.15) is 18.1 Å². The van der Waals surface area contributed by atoms with E-state index in [9.17, 15) is 18.0 Å². The Morgan fingerprint density at radius 1 is 1.21 bits per heavy atom. The van der Waals surface area contributed by atoms with Crippen LogP contribution < -0.4 is 10.1 Å². The van der Waals surface area contributed by atoms with Crippen LogP contribution in [0.2, 0.25) is 0 Å². The molecule has 0 bridgehead atoms. The molecule has 2 aromatic carbocycles. The summed E-state index contributed by atoms with van der Waals surface area (Å²) in [5, 5.41) is 3.70. The molecule has 5 nitrogen and oxygen atoms in total. The summed E-state index contributed by atoms with van der Waals surface area (Å²) in [6, 6.07) is 10.2. The molecule has 0 spiro atoms. The highest BCUT2D eigenvalue weighted by atomic mass is 19.4. The summed E-state index contributed by atoms with van der Waals surface area (Å²) in [7, 11) is 0. The molecule has 1 saturated heterocycles. The highest BCUT2D eigenvalue weighted by Gasteiger charge is 2.41. The van der Waals surface area contributed by atoms with Crippen molar-refractivity contribution in [1.82, 2.24) is 4.98 Å². The Hall–Kier alpha value is -3.00. The van der Waals surface area contributed by atoms with Crippen LogP contribution in [0.5, 0.6) is 5.75 Å². The number of amides is 1. The van der Waals surface area contributed by atoms with Crippen LogP contribution in [-0.2, 0) is 22.3 Å². The predicted molar refractivity (Wildman–Crippen MR) is 102 cm³/mol. The van der Waals surface area contributed by atoms with Crippen molar-refractivity contribution < 1.29 is 27.4 Å². The summed E-state index contributed by atoms with van der Waals surface area (Å²) >= 11 is 0. The number of carbonyl (C=O) groups excluding carboxylic acids is 1. The third kappa shape index (κ3) is 3.93. The second-order valence-corrected chi connectivity index (χ2v) is 7.40. The average molecular weight is 404 g/mol. The van der Waals surface area contributed by atoms with Crippen LogP contribution in [0.25, 0.3) is 10.9 Å². The molecule has 1 aliphatic heterocycles. The lowest BCUT2D eigenvalue weighted by molar-refractivity contribution is -0.151. The molecule has 4 rings (SSSR count). The Bertz CT molecular complexity index is 1040. The molecule has 0 aliphatic carbocycles. The molecule has 29 heavy (non-hydrogen) atoms. The smallest absolute Gasteiger partial charge is 0.416 e. The third-order valence-electron chi connectivity index (χ3n) is 4.98. The number of hydrogen-bond acceptors (Lipinski definition) is 3.